The van der Waals surface area contributed by atoms with E-state index in [2.05, 4.69) is 4.74 Å². The molecule has 1 heterocycles. The van der Waals surface area contributed by atoms with Crippen molar-refractivity contribution in [1.29, 1.82) is 0 Å². The summed E-state index contributed by atoms with van der Waals surface area (Å²) in [5.41, 5.74) is 0.759. The van der Waals surface area contributed by atoms with Gasteiger partial charge >= 0.3 is 11.9 Å². The number of rotatable bonds is 6. The van der Waals surface area contributed by atoms with Crippen molar-refractivity contribution in [3.8, 4) is 11.5 Å². The molecule has 0 amide bonds. The highest BCUT2D eigenvalue weighted by atomic mass is 16.7. The normalized spacial score (nSPS) is 13.8. The van der Waals surface area contributed by atoms with Crippen LogP contribution in [0.25, 0.3) is 0 Å². The van der Waals surface area contributed by atoms with Crippen molar-refractivity contribution in [2.24, 2.45) is 0 Å². The van der Waals surface area contributed by atoms with Crippen LogP contribution in [0.5, 0.6) is 11.5 Å². The van der Waals surface area contributed by atoms with E-state index < -0.39 is 24.6 Å². The van der Waals surface area contributed by atoms with Crippen LogP contribution in [0, 0.1) is 0 Å². The molecule has 7 heteroatoms. The minimum absolute atomic E-state index is 0.161. The molecule has 1 atom stereocenters. The molecule has 2 rings (SSSR count). The highest BCUT2D eigenvalue weighted by Gasteiger charge is 2.23. The molecule has 7 nitrogen and oxygen atoms in total. The molecular weight excluding hydrogens is 268 g/mol. The number of fused-ring (bicyclic) bond motifs is 1. The molecule has 0 aliphatic carbocycles. The van der Waals surface area contributed by atoms with Gasteiger partial charge in [-0.15, -0.1) is 0 Å². The quantitative estimate of drug-likeness (QED) is 0.764. The van der Waals surface area contributed by atoms with Gasteiger partial charge in [-0.25, -0.2) is 9.59 Å². The van der Waals surface area contributed by atoms with Crippen LogP contribution in [0.3, 0.4) is 0 Å². The van der Waals surface area contributed by atoms with Crippen LogP contribution >= 0.6 is 0 Å². The van der Waals surface area contributed by atoms with Gasteiger partial charge in [0.1, 0.15) is 6.61 Å². The van der Waals surface area contributed by atoms with E-state index >= 15 is 0 Å². The van der Waals surface area contributed by atoms with Crippen molar-refractivity contribution in [3.63, 3.8) is 0 Å². The molecule has 1 aliphatic heterocycles. The summed E-state index contributed by atoms with van der Waals surface area (Å²) in [6.07, 6.45) is -0.784. The molecule has 1 unspecified atom stereocenters. The predicted octanol–water partition coefficient (Wildman–Crippen LogP) is 0.601. The van der Waals surface area contributed by atoms with Crippen LogP contribution in [0.15, 0.2) is 18.2 Å². The summed E-state index contributed by atoms with van der Waals surface area (Å²) < 4.78 is 20.0. The zero-order valence-electron chi connectivity index (χ0n) is 10.8. The Hall–Kier alpha value is -2.28. The third kappa shape index (κ3) is 3.39. The molecular formula is C13H14O7. The summed E-state index contributed by atoms with van der Waals surface area (Å²) in [5.74, 6) is -0.548. The van der Waals surface area contributed by atoms with Crippen LogP contribution in [-0.2, 0) is 25.5 Å². The first-order chi connectivity index (χ1) is 9.60. The number of esters is 1. The van der Waals surface area contributed by atoms with Crippen molar-refractivity contribution in [2.45, 2.75) is 12.5 Å². The van der Waals surface area contributed by atoms with Crippen molar-refractivity contribution in [2.75, 3.05) is 20.5 Å². The molecule has 1 aromatic carbocycles. The minimum Gasteiger partial charge on any atom is -0.480 e. The molecule has 0 fully saturated rings. The van der Waals surface area contributed by atoms with E-state index in [4.69, 9.17) is 19.3 Å². The lowest BCUT2D eigenvalue weighted by molar-refractivity contribution is -0.158. The second-order valence-electron chi connectivity index (χ2n) is 4.11. The lowest BCUT2D eigenvalue weighted by Gasteiger charge is -2.14. The average Bonchev–Trinajstić information content (AvgIpc) is 2.89. The molecule has 0 saturated carbocycles. The molecule has 1 aromatic rings. The number of carboxylic acid groups (broad SMARTS) is 1. The zero-order valence-corrected chi connectivity index (χ0v) is 10.8. The van der Waals surface area contributed by atoms with E-state index in [0.717, 1.165) is 5.56 Å². The SMILES string of the molecule is COC(=O)C(Cc1ccc2c(c1)OCO2)OCC(=O)O. The fourth-order valence-electron chi connectivity index (χ4n) is 1.80. The van der Waals surface area contributed by atoms with Crippen LogP contribution in [0.2, 0.25) is 0 Å². The van der Waals surface area contributed by atoms with E-state index in [1.165, 1.54) is 7.11 Å². The maximum absolute atomic E-state index is 11.6. The molecule has 1 aliphatic rings. The summed E-state index contributed by atoms with van der Waals surface area (Å²) >= 11 is 0. The van der Waals surface area contributed by atoms with Gasteiger partial charge < -0.3 is 24.1 Å². The van der Waals surface area contributed by atoms with Crippen LogP contribution in [0.4, 0.5) is 0 Å². The zero-order chi connectivity index (χ0) is 14.5. The number of aliphatic carboxylic acids is 1. The molecule has 0 bridgehead atoms. The van der Waals surface area contributed by atoms with Gasteiger partial charge in [0.25, 0.3) is 0 Å². The van der Waals surface area contributed by atoms with Gasteiger partial charge in [0, 0.05) is 6.42 Å². The Labute approximate surface area is 115 Å². The number of methoxy groups -OCH3 is 1. The van der Waals surface area contributed by atoms with Crippen molar-refractivity contribution < 1.29 is 33.6 Å². The van der Waals surface area contributed by atoms with Gasteiger partial charge in [-0.1, -0.05) is 6.07 Å². The summed E-state index contributed by atoms with van der Waals surface area (Å²) in [5, 5.41) is 8.60. The maximum atomic E-state index is 11.6. The van der Waals surface area contributed by atoms with Gasteiger partial charge in [-0.3, -0.25) is 0 Å². The average molecular weight is 282 g/mol. The number of carbonyl (C=O) groups is 2. The van der Waals surface area contributed by atoms with E-state index in [9.17, 15) is 9.59 Å². The number of benzene rings is 1. The molecule has 20 heavy (non-hydrogen) atoms. The Bertz CT molecular complexity index is 511. The highest BCUT2D eigenvalue weighted by Crippen LogP contribution is 2.32. The van der Waals surface area contributed by atoms with Crippen LogP contribution in [-0.4, -0.2) is 43.7 Å². The Morgan fingerprint density at radius 2 is 2.10 bits per heavy atom. The fraction of sp³-hybridized carbons (Fsp3) is 0.385. The summed E-state index contributed by atoms with van der Waals surface area (Å²) in [4.78, 5) is 22.1. The number of ether oxygens (including phenoxy) is 4. The van der Waals surface area contributed by atoms with Crippen LogP contribution < -0.4 is 9.47 Å². The summed E-state index contributed by atoms with van der Waals surface area (Å²) in [6.45, 7) is -0.404. The molecule has 0 aromatic heterocycles. The molecule has 0 saturated heterocycles. The van der Waals surface area contributed by atoms with Crippen molar-refractivity contribution in [3.05, 3.63) is 23.8 Å². The lowest BCUT2D eigenvalue weighted by Crippen LogP contribution is -2.30. The third-order valence-corrected chi connectivity index (χ3v) is 2.73. The van der Waals surface area contributed by atoms with E-state index in [0.29, 0.717) is 11.5 Å². The topological polar surface area (TPSA) is 91.3 Å². The van der Waals surface area contributed by atoms with Gasteiger partial charge in [0.2, 0.25) is 6.79 Å². The Morgan fingerprint density at radius 1 is 1.35 bits per heavy atom. The summed E-state index contributed by atoms with van der Waals surface area (Å²) in [7, 11) is 1.22. The first kappa shape index (κ1) is 14.1. The molecule has 0 radical (unpaired) electrons. The second-order valence-corrected chi connectivity index (χ2v) is 4.11. The first-order valence-corrected chi connectivity index (χ1v) is 5.90. The molecule has 108 valence electrons. The summed E-state index contributed by atoms with van der Waals surface area (Å²) in [6, 6.07) is 5.21. The Balaban J connectivity index is 2.06. The Morgan fingerprint density at radius 3 is 2.80 bits per heavy atom. The third-order valence-electron chi connectivity index (χ3n) is 2.73. The first-order valence-electron chi connectivity index (χ1n) is 5.90. The Kier molecular flexibility index (Phi) is 4.41. The second kappa shape index (κ2) is 6.25. The van der Waals surface area contributed by atoms with Gasteiger partial charge in [0.05, 0.1) is 7.11 Å². The van der Waals surface area contributed by atoms with Crippen LogP contribution in [0.1, 0.15) is 5.56 Å². The largest absolute Gasteiger partial charge is 0.480 e. The van der Waals surface area contributed by atoms with Gasteiger partial charge in [0.15, 0.2) is 17.6 Å². The number of carbonyl (C=O) groups excluding carboxylic acids is 1. The molecule has 0 spiro atoms. The van der Waals surface area contributed by atoms with Gasteiger partial charge in [-0.05, 0) is 17.7 Å². The van der Waals surface area contributed by atoms with Crippen molar-refractivity contribution >= 4 is 11.9 Å². The fourth-order valence-corrected chi connectivity index (χ4v) is 1.80. The van der Waals surface area contributed by atoms with E-state index in [1.807, 2.05) is 0 Å². The monoisotopic (exact) mass is 282 g/mol. The lowest BCUT2D eigenvalue weighted by atomic mass is 10.1. The highest BCUT2D eigenvalue weighted by molar-refractivity contribution is 5.76. The number of carboxylic acids is 1. The molecule has 1 N–H and O–H groups in total. The number of hydrogen-bond acceptors (Lipinski definition) is 6. The van der Waals surface area contributed by atoms with E-state index in [-0.39, 0.29) is 13.2 Å². The van der Waals surface area contributed by atoms with Crippen molar-refractivity contribution in [1.82, 2.24) is 0 Å². The van der Waals surface area contributed by atoms with Gasteiger partial charge in [-0.2, -0.15) is 0 Å². The predicted molar refractivity (Wildman–Crippen MR) is 65.7 cm³/mol. The van der Waals surface area contributed by atoms with E-state index in [1.54, 1.807) is 18.2 Å². The maximum Gasteiger partial charge on any atom is 0.335 e. The minimum atomic E-state index is -1.15. The number of hydrogen-bond donors (Lipinski definition) is 1. The smallest absolute Gasteiger partial charge is 0.335 e. The standard InChI is InChI=1S/C13H14O7/c1-17-13(16)11(18-6-12(14)15)5-8-2-3-9-10(4-8)20-7-19-9/h2-4,11H,5-7H2,1H3,(H,14,15).